The van der Waals surface area contributed by atoms with Crippen LogP contribution >= 0.6 is 11.8 Å². The second-order valence-electron chi connectivity index (χ2n) is 5.34. The molecule has 0 radical (unpaired) electrons. The van der Waals surface area contributed by atoms with Crippen LogP contribution in [0.5, 0.6) is 0 Å². The van der Waals surface area contributed by atoms with Gasteiger partial charge in [0, 0.05) is 5.56 Å². The lowest BCUT2D eigenvalue weighted by atomic mass is 9.84. The predicted octanol–water partition coefficient (Wildman–Crippen LogP) is 3.98. The Bertz CT molecular complexity index is 433. The Morgan fingerprint density at radius 3 is 2.67 bits per heavy atom. The molecule has 0 amide bonds. The summed E-state index contributed by atoms with van der Waals surface area (Å²) >= 11 is 1.94. The molecule has 1 fully saturated rings. The first kappa shape index (κ1) is 12.1. The highest BCUT2D eigenvalue weighted by Crippen LogP contribution is 2.44. The van der Waals surface area contributed by atoms with Gasteiger partial charge in [-0.05, 0) is 31.6 Å². The van der Waals surface area contributed by atoms with E-state index in [4.69, 9.17) is 0 Å². The third kappa shape index (κ3) is 2.28. The lowest BCUT2D eigenvalue weighted by Crippen LogP contribution is -2.39. The third-order valence-electron chi connectivity index (χ3n) is 4.16. The van der Waals surface area contributed by atoms with E-state index in [9.17, 15) is 0 Å². The van der Waals surface area contributed by atoms with E-state index < -0.39 is 0 Å². The summed E-state index contributed by atoms with van der Waals surface area (Å²) in [6.45, 7) is 2.31. The van der Waals surface area contributed by atoms with Crippen LogP contribution in [0.15, 0.2) is 35.4 Å². The molecule has 18 heavy (non-hydrogen) atoms. The summed E-state index contributed by atoms with van der Waals surface area (Å²) in [7, 11) is 0. The number of benzene rings is 1. The van der Waals surface area contributed by atoms with Crippen molar-refractivity contribution in [3.8, 4) is 0 Å². The van der Waals surface area contributed by atoms with Gasteiger partial charge in [0.25, 0.3) is 0 Å². The highest BCUT2D eigenvalue weighted by Gasteiger charge is 2.40. The Morgan fingerprint density at radius 2 is 2.00 bits per heavy atom. The molecule has 1 aromatic rings. The van der Waals surface area contributed by atoms with Gasteiger partial charge in [-0.3, -0.25) is 5.43 Å². The van der Waals surface area contributed by atoms with Crippen LogP contribution in [0.1, 0.15) is 44.6 Å². The van der Waals surface area contributed by atoms with E-state index in [1.807, 2.05) is 11.8 Å². The molecule has 3 heteroatoms. The number of nitrogens with zero attached hydrogens (tertiary/aromatic N) is 1. The Kier molecular flexibility index (Phi) is 3.33. The zero-order valence-electron chi connectivity index (χ0n) is 10.9. The van der Waals surface area contributed by atoms with Crippen molar-refractivity contribution in [2.45, 2.75) is 43.9 Å². The number of hydrogen-bond donors (Lipinski definition) is 1. The summed E-state index contributed by atoms with van der Waals surface area (Å²) in [6, 6.07) is 10.5. The first-order valence-electron chi connectivity index (χ1n) is 6.91. The third-order valence-corrected chi connectivity index (χ3v) is 5.57. The van der Waals surface area contributed by atoms with Crippen molar-refractivity contribution in [1.82, 2.24) is 5.43 Å². The average molecular weight is 260 g/mol. The van der Waals surface area contributed by atoms with Crippen molar-refractivity contribution in [2.24, 2.45) is 11.0 Å². The molecule has 2 aliphatic rings. The number of rotatable bonds is 2. The maximum atomic E-state index is 4.56. The van der Waals surface area contributed by atoms with Gasteiger partial charge < -0.3 is 0 Å². The average Bonchev–Trinajstić information content (AvgIpc) is 2.85. The van der Waals surface area contributed by atoms with Gasteiger partial charge in [0.15, 0.2) is 0 Å². The monoisotopic (exact) mass is 260 g/mol. The molecular weight excluding hydrogens is 240 g/mol. The van der Waals surface area contributed by atoms with Crippen molar-refractivity contribution in [3.63, 3.8) is 0 Å². The van der Waals surface area contributed by atoms with Gasteiger partial charge in [0.2, 0.25) is 0 Å². The molecule has 1 spiro atoms. The van der Waals surface area contributed by atoms with Crippen LogP contribution in [0.4, 0.5) is 0 Å². The lowest BCUT2D eigenvalue weighted by molar-refractivity contribution is 0.269. The normalized spacial score (nSPS) is 31.2. The number of thioether (sulfide) groups is 1. The van der Waals surface area contributed by atoms with Crippen LogP contribution in [0.2, 0.25) is 0 Å². The van der Waals surface area contributed by atoms with Gasteiger partial charge >= 0.3 is 0 Å². The summed E-state index contributed by atoms with van der Waals surface area (Å²) in [4.78, 5) is 0.191. The Morgan fingerprint density at radius 1 is 1.28 bits per heavy atom. The van der Waals surface area contributed by atoms with Crippen LogP contribution in [0, 0.1) is 5.92 Å². The standard InChI is InChI=1S/C15H20N2S/c1-2-12-8-10-15(11-9-12)17-16-14(18-15)13-6-4-3-5-7-13/h3-7,12,17H,2,8-11H2,1H3. The molecule has 1 aliphatic heterocycles. The minimum absolute atomic E-state index is 0.191. The molecule has 0 aromatic heterocycles. The summed E-state index contributed by atoms with van der Waals surface area (Å²) in [5.41, 5.74) is 4.66. The quantitative estimate of drug-likeness (QED) is 0.869. The molecule has 3 rings (SSSR count). The SMILES string of the molecule is CCC1CCC2(CC1)NN=C(c1ccccc1)S2. The Labute approximate surface area is 113 Å². The van der Waals surface area contributed by atoms with Crippen molar-refractivity contribution in [2.75, 3.05) is 0 Å². The summed E-state index contributed by atoms with van der Waals surface area (Å²) in [5, 5.41) is 5.72. The van der Waals surface area contributed by atoms with Gasteiger partial charge in [-0.1, -0.05) is 55.4 Å². The first-order chi connectivity index (χ1) is 8.81. The van der Waals surface area contributed by atoms with E-state index in [-0.39, 0.29) is 4.87 Å². The molecule has 2 nitrogen and oxygen atoms in total. The van der Waals surface area contributed by atoms with Crippen LogP contribution in [0.25, 0.3) is 0 Å². The van der Waals surface area contributed by atoms with Crippen LogP contribution in [0.3, 0.4) is 0 Å². The van der Waals surface area contributed by atoms with E-state index in [0.29, 0.717) is 0 Å². The van der Waals surface area contributed by atoms with Crippen molar-refractivity contribution in [3.05, 3.63) is 35.9 Å². The summed E-state index contributed by atoms with van der Waals surface area (Å²) < 4.78 is 0. The second-order valence-corrected chi connectivity index (χ2v) is 6.72. The highest BCUT2D eigenvalue weighted by molar-refractivity contribution is 8.15. The zero-order valence-corrected chi connectivity index (χ0v) is 11.7. The van der Waals surface area contributed by atoms with Crippen LogP contribution in [-0.4, -0.2) is 9.91 Å². The fourth-order valence-electron chi connectivity index (χ4n) is 2.85. The minimum atomic E-state index is 0.191. The maximum absolute atomic E-state index is 4.56. The van der Waals surface area contributed by atoms with Crippen molar-refractivity contribution in [1.29, 1.82) is 0 Å². The van der Waals surface area contributed by atoms with E-state index in [1.54, 1.807) is 0 Å². The molecule has 1 N–H and O–H groups in total. The topological polar surface area (TPSA) is 24.4 Å². The predicted molar refractivity (Wildman–Crippen MR) is 78.7 cm³/mol. The molecule has 0 atom stereocenters. The van der Waals surface area contributed by atoms with Gasteiger partial charge in [-0.15, -0.1) is 0 Å². The fraction of sp³-hybridized carbons (Fsp3) is 0.533. The van der Waals surface area contributed by atoms with E-state index in [1.165, 1.54) is 37.7 Å². The second kappa shape index (κ2) is 4.96. The van der Waals surface area contributed by atoms with Gasteiger partial charge in [-0.25, -0.2) is 0 Å². The Hall–Kier alpha value is -0.960. The largest absolute Gasteiger partial charge is 0.292 e. The van der Waals surface area contributed by atoms with Crippen molar-refractivity contribution < 1.29 is 0 Å². The molecule has 0 bridgehead atoms. The van der Waals surface area contributed by atoms with Gasteiger partial charge in [0.05, 0.1) is 0 Å². The first-order valence-corrected chi connectivity index (χ1v) is 7.72. The molecule has 1 aliphatic carbocycles. The van der Waals surface area contributed by atoms with E-state index in [2.05, 4.69) is 47.8 Å². The molecule has 1 saturated carbocycles. The van der Waals surface area contributed by atoms with E-state index >= 15 is 0 Å². The lowest BCUT2D eigenvalue weighted by Gasteiger charge is -2.35. The highest BCUT2D eigenvalue weighted by atomic mass is 32.2. The van der Waals surface area contributed by atoms with Crippen LogP contribution < -0.4 is 5.43 Å². The van der Waals surface area contributed by atoms with E-state index in [0.717, 1.165) is 11.0 Å². The minimum Gasteiger partial charge on any atom is -0.292 e. The maximum Gasteiger partial charge on any atom is 0.126 e. The Balaban J connectivity index is 1.68. The van der Waals surface area contributed by atoms with Gasteiger partial charge in [-0.2, -0.15) is 5.10 Å². The molecule has 1 heterocycles. The van der Waals surface area contributed by atoms with Crippen LogP contribution in [-0.2, 0) is 0 Å². The molecular formula is C15H20N2S. The molecule has 0 unspecified atom stereocenters. The summed E-state index contributed by atoms with van der Waals surface area (Å²) in [5.74, 6) is 0.929. The number of hydrazone groups is 1. The summed E-state index contributed by atoms with van der Waals surface area (Å²) in [6.07, 6.45) is 6.50. The molecule has 96 valence electrons. The fourth-order valence-corrected chi connectivity index (χ4v) is 4.10. The zero-order chi connectivity index (χ0) is 12.4. The molecule has 1 aromatic carbocycles. The van der Waals surface area contributed by atoms with Crippen molar-refractivity contribution >= 4 is 16.8 Å². The number of nitrogens with one attached hydrogen (secondary N) is 1. The smallest absolute Gasteiger partial charge is 0.126 e. The van der Waals surface area contributed by atoms with Gasteiger partial charge in [0.1, 0.15) is 9.91 Å². The number of hydrogen-bond acceptors (Lipinski definition) is 3. The molecule has 0 saturated heterocycles.